The number of aryl methyl sites for hydroxylation is 1. The van der Waals surface area contributed by atoms with Crippen LogP contribution in [0, 0.1) is 0 Å². The number of aromatic nitrogens is 2. The summed E-state index contributed by atoms with van der Waals surface area (Å²) in [5.74, 6) is 0. The van der Waals surface area contributed by atoms with Gasteiger partial charge in [-0.2, -0.15) is 0 Å². The van der Waals surface area contributed by atoms with Crippen LogP contribution in [-0.4, -0.2) is 47.6 Å². The SMILES string of the molecule is Cn1cc(S(=O)(=O)NC2CCN(C3CC3)CC2)c(=O)n(C)c1=O. The van der Waals surface area contributed by atoms with Crippen molar-refractivity contribution in [3.05, 3.63) is 27.0 Å². The molecule has 1 aliphatic heterocycles. The molecule has 2 fully saturated rings. The zero-order valence-corrected chi connectivity index (χ0v) is 14.2. The molecular formula is C14H22N4O4S. The summed E-state index contributed by atoms with van der Waals surface area (Å²) < 4.78 is 29.6. The Balaban J connectivity index is 1.77. The Hall–Kier alpha value is -1.45. The number of nitrogens with zero attached hydrogens (tertiary/aromatic N) is 3. The van der Waals surface area contributed by atoms with E-state index in [1.54, 1.807) is 0 Å². The van der Waals surface area contributed by atoms with E-state index in [0.717, 1.165) is 41.3 Å². The zero-order chi connectivity index (χ0) is 16.8. The molecule has 1 aromatic rings. The summed E-state index contributed by atoms with van der Waals surface area (Å²) in [6, 6.07) is 0.514. The van der Waals surface area contributed by atoms with Crippen LogP contribution in [-0.2, 0) is 24.1 Å². The lowest BCUT2D eigenvalue weighted by Gasteiger charge is -2.32. The van der Waals surface area contributed by atoms with Gasteiger partial charge in [-0.25, -0.2) is 17.9 Å². The Kier molecular flexibility index (Phi) is 4.19. The molecule has 1 saturated heterocycles. The molecule has 0 amide bonds. The largest absolute Gasteiger partial charge is 0.330 e. The molecule has 2 heterocycles. The van der Waals surface area contributed by atoms with E-state index in [2.05, 4.69) is 9.62 Å². The third-order valence-corrected chi connectivity index (χ3v) is 6.12. The van der Waals surface area contributed by atoms with Crippen molar-refractivity contribution >= 4 is 10.0 Å². The number of piperidine rings is 1. The minimum absolute atomic E-state index is 0.169. The first-order valence-corrected chi connectivity index (χ1v) is 9.31. The molecular weight excluding hydrogens is 320 g/mol. The Labute approximate surface area is 134 Å². The monoisotopic (exact) mass is 342 g/mol. The van der Waals surface area contributed by atoms with Gasteiger partial charge in [-0.15, -0.1) is 0 Å². The van der Waals surface area contributed by atoms with E-state index in [-0.39, 0.29) is 10.9 Å². The summed E-state index contributed by atoms with van der Waals surface area (Å²) in [4.78, 5) is 25.8. The van der Waals surface area contributed by atoms with Gasteiger partial charge < -0.3 is 9.47 Å². The smallest absolute Gasteiger partial charge is 0.302 e. The van der Waals surface area contributed by atoms with E-state index in [0.29, 0.717) is 6.04 Å². The summed E-state index contributed by atoms with van der Waals surface area (Å²) in [5.41, 5.74) is -1.34. The number of hydrogen-bond acceptors (Lipinski definition) is 5. The molecule has 128 valence electrons. The first kappa shape index (κ1) is 16.4. The van der Waals surface area contributed by atoms with E-state index in [4.69, 9.17) is 0 Å². The van der Waals surface area contributed by atoms with Crippen LogP contribution in [0.2, 0.25) is 0 Å². The minimum atomic E-state index is -3.94. The number of rotatable bonds is 4. The number of hydrogen-bond donors (Lipinski definition) is 1. The molecule has 23 heavy (non-hydrogen) atoms. The predicted molar refractivity (Wildman–Crippen MR) is 84.9 cm³/mol. The Bertz CT molecular complexity index is 814. The molecule has 9 heteroatoms. The molecule has 0 spiro atoms. The molecule has 1 saturated carbocycles. The van der Waals surface area contributed by atoms with E-state index in [1.807, 2.05) is 0 Å². The lowest BCUT2D eigenvalue weighted by molar-refractivity contribution is 0.199. The van der Waals surface area contributed by atoms with Gasteiger partial charge in [-0.3, -0.25) is 9.36 Å². The molecule has 0 bridgehead atoms. The van der Waals surface area contributed by atoms with Gasteiger partial charge in [0.15, 0.2) is 4.90 Å². The lowest BCUT2D eigenvalue weighted by atomic mass is 10.1. The van der Waals surface area contributed by atoms with E-state index >= 15 is 0 Å². The van der Waals surface area contributed by atoms with Crippen LogP contribution >= 0.6 is 0 Å². The van der Waals surface area contributed by atoms with Crippen molar-refractivity contribution in [3.8, 4) is 0 Å². The molecule has 1 aromatic heterocycles. The molecule has 1 N–H and O–H groups in total. The highest BCUT2D eigenvalue weighted by atomic mass is 32.2. The Morgan fingerprint density at radius 1 is 1.09 bits per heavy atom. The quantitative estimate of drug-likeness (QED) is 0.757. The highest BCUT2D eigenvalue weighted by Gasteiger charge is 2.33. The molecule has 3 rings (SSSR count). The fourth-order valence-corrected chi connectivity index (χ4v) is 4.53. The van der Waals surface area contributed by atoms with Crippen LogP contribution in [0.5, 0.6) is 0 Å². The lowest BCUT2D eigenvalue weighted by Crippen LogP contribution is -2.47. The van der Waals surface area contributed by atoms with Crippen LogP contribution in [0.1, 0.15) is 25.7 Å². The van der Waals surface area contributed by atoms with Crippen LogP contribution < -0.4 is 16.0 Å². The summed E-state index contributed by atoms with van der Waals surface area (Å²) in [7, 11) is -1.23. The maximum absolute atomic E-state index is 12.5. The second-order valence-corrected chi connectivity index (χ2v) is 8.10. The zero-order valence-electron chi connectivity index (χ0n) is 13.4. The second-order valence-electron chi connectivity index (χ2n) is 6.41. The van der Waals surface area contributed by atoms with Crippen molar-refractivity contribution < 1.29 is 8.42 Å². The molecule has 2 aliphatic rings. The van der Waals surface area contributed by atoms with Crippen LogP contribution in [0.25, 0.3) is 0 Å². The van der Waals surface area contributed by atoms with Crippen molar-refractivity contribution in [1.29, 1.82) is 0 Å². The summed E-state index contributed by atoms with van der Waals surface area (Å²) in [5, 5.41) is 0. The van der Waals surface area contributed by atoms with Crippen LogP contribution in [0.15, 0.2) is 20.7 Å². The van der Waals surface area contributed by atoms with Gasteiger partial charge >= 0.3 is 5.69 Å². The van der Waals surface area contributed by atoms with Crippen LogP contribution in [0.4, 0.5) is 0 Å². The molecule has 0 aromatic carbocycles. The normalized spacial score (nSPS) is 20.8. The van der Waals surface area contributed by atoms with Gasteiger partial charge in [0.2, 0.25) is 10.0 Å². The second kappa shape index (κ2) is 5.88. The van der Waals surface area contributed by atoms with Gasteiger partial charge in [0.25, 0.3) is 5.56 Å². The van der Waals surface area contributed by atoms with E-state index in [9.17, 15) is 18.0 Å². The minimum Gasteiger partial charge on any atom is -0.302 e. The van der Waals surface area contributed by atoms with Gasteiger partial charge in [-0.05, 0) is 38.8 Å². The maximum Gasteiger partial charge on any atom is 0.330 e. The predicted octanol–water partition coefficient (Wildman–Crippen LogP) is -1.01. The number of likely N-dealkylation sites (tertiary alicyclic amines) is 1. The van der Waals surface area contributed by atoms with E-state index < -0.39 is 21.3 Å². The Morgan fingerprint density at radius 2 is 1.70 bits per heavy atom. The summed E-state index contributed by atoms with van der Waals surface area (Å²) >= 11 is 0. The molecule has 0 atom stereocenters. The van der Waals surface area contributed by atoms with Crippen molar-refractivity contribution in [3.63, 3.8) is 0 Å². The van der Waals surface area contributed by atoms with Crippen LogP contribution in [0.3, 0.4) is 0 Å². The maximum atomic E-state index is 12.5. The Morgan fingerprint density at radius 3 is 2.26 bits per heavy atom. The van der Waals surface area contributed by atoms with Gasteiger partial charge in [0.1, 0.15) is 0 Å². The van der Waals surface area contributed by atoms with Gasteiger partial charge in [0, 0.05) is 32.4 Å². The van der Waals surface area contributed by atoms with Crippen molar-refractivity contribution in [2.24, 2.45) is 14.1 Å². The molecule has 1 aliphatic carbocycles. The number of sulfonamides is 1. The average Bonchev–Trinajstić information content (AvgIpc) is 3.34. The van der Waals surface area contributed by atoms with Crippen molar-refractivity contribution in [2.45, 2.75) is 42.7 Å². The number of nitrogens with one attached hydrogen (secondary N) is 1. The van der Waals surface area contributed by atoms with E-state index in [1.165, 1.54) is 26.9 Å². The third-order valence-electron chi connectivity index (χ3n) is 4.62. The first-order chi connectivity index (χ1) is 10.8. The molecule has 0 radical (unpaired) electrons. The average molecular weight is 342 g/mol. The summed E-state index contributed by atoms with van der Waals surface area (Å²) in [6.45, 7) is 1.76. The molecule has 0 unspecified atom stereocenters. The fraction of sp³-hybridized carbons (Fsp3) is 0.714. The fourth-order valence-electron chi connectivity index (χ4n) is 3.06. The standard InChI is InChI=1S/C14H22N4O4S/c1-16-9-12(13(19)17(2)14(16)20)23(21,22)15-10-5-7-18(8-6-10)11-3-4-11/h9-11,15H,3-8H2,1-2H3. The molecule has 8 nitrogen and oxygen atoms in total. The topological polar surface area (TPSA) is 93.4 Å². The highest BCUT2D eigenvalue weighted by Crippen LogP contribution is 2.29. The van der Waals surface area contributed by atoms with Gasteiger partial charge in [-0.1, -0.05) is 0 Å². The van der Waals surface area contributed by atoms with Gasteiger partial charge in [0.05, 0.1) is 0 Å². The first-order valence-electron chi connectivity index (χ1n) is 7.82. The summed E-state index contributed by atoms with van der Waals surface area (Å²) in [6.07, 6.45) is 5.05. The highest BCUT2D eigenvalue weighted by molar-refractivity contribution is 7.89. The third kappa shape index (κ3) is 3.26. The van der Waals surface area contributed by atoms with Crippen molar-refractivity contribution in [2.75, 3.05) is 13.1 Å². The van der Waals surface area contributed by atoms with Crippen molar-refractivity contribution in [1.82, 2.24) is 18.8 Å².